The number of carbonyl (C=O) groups excluding carboxylic acids is 2. The molecule has 0 spiro atoms. The highest BCUT2D eigenvalue weighted by atomic mass is 16.4. The van der Waals surface area contributed by atoms with Gasteiger partial charge in [0.25, 0.3) is 0 Å². The molecule has 30 heavy (non-hydrogen) atoms. The van der Waals surface area contributed by atoms with Gasteiger partial charge in [-0.15, -0.1) is 0 Å². The Morgan fingerprint density at radius 1 is 1.13 bits per heavy atom. The van der Waals surface area contributed by atoms with E-state index in [9.17, 15) is 29.4 Å². The van der Waals surface area contributed by atoms with Crippen molar-refractivity contribution in [2.24, 2.45) is 5.92 Å². The number of carboxylic acid groups (broad SMARTS) is 1. The summed E-state index contributed by atoms with van der Waals surface area (Å²) in [4.78, 5) is 47.9. The maximum absolute atomic E-state index is 12.3. The van der Waals surface area contributed by atoms with Crippen LogP contribution in [0.25, 0.3) is 11.0 Å². The summed E-state index contributed by atoms with van der Waals surface area (Å²) in [5.41, 5.74) is 0.677. The van der Waals surface area contributed by atoms with Gasteiger partial charge in [0.15, 0.2) is 0 Å². The highest BCUT2D eigenvalue weighted by Gasteiger charge is 2.25. The van der Waals surface area contributed by atoms with Gasteiger partial charge in [-0.25, -0.2) is 9.59 Å². The van der Waals surface area contributed by atoms with Crippen LogP contribution in [0.1, 0.15) is 37.0 Å². The van der Waals surface area contributed by atoms with Gasteiger partial charge >= 0.3 is 11.6 Å². The predicted octanol–water partition coefficient (Wildman–Crippen LogP) is 1.39. The average molecular weight is 418 g/mol. The van der Waals surface area contributed by atoms with E-state index >= 15 is 0 Å². The fourth-order valence-corrected chi connectivity index (χ4v) is 3.09. The highest BCUT2D eigenvalue weighted by Crippen LogP contribution is 2.28. The van der Waals surface area contributed by atoms with E-state index in [2.05, 4.69) is 10.6 Å². The zero-order chi connectivity index (χ0) is 22.6. The van der Waals surface area contributed by atoms with Crippen LogP contribution in [0.15, 0.2) is 21.3 Å². The van der Waals surface area contributed by atoms with E-state index < -0.39 is 36.0 Å². The molecule has 4 N–H and O–H groups in total. The molecule has 0 radical (unpaired) electrons. The van der Waals surface area contributed by atoms with Gasteiger partial charge in [0.2, 0.25) is 11.8 Å². The van der Waals surface area contributed by atoms with Crippen molar-refractivity contribution in [2.45, 2.75) is 46.6 Å². The molecule has 2 aromatic rings. The van der Waals surface area contributed by atoms with Gasteiger partial charge in [0, 0.05) is 10.9 Å². The predicted molar refractivity (Wildman–Crippen MR) is 109 cm³/mol. The summed E-state index contributed by atoms with van der Waals surface area (Å²) in [6, 6.07) is 2.04. The molecule has 0 aliphatic heterocycles. The lowest BCUT2D eigenvalue weighted by Crippen LogP contribution is -2.48. The minimum atomic E-state index is -1.14. The Labute approximate surface area is 173 Å². The first kappa shape index (κ1) is 22.9. The molecule has 0 unspecified atom stereocenters. The summed E-state index contributed by atoms with van der Waals surface area (Å²) in [6.07, 6.45) is 0.267. The Morgan fingerprint density at radius 3 is 2.40 bits per heavy atom. The number of aryl methyl sites for hydroxylation is 2. The van der Waals surface area contributed by atoms with E-state index in [1.807, 2.05) is 6.92 Å². The Morgan fingerprint density at radius 2 is 1.80 bits per heavy atom. The van der Waals surface area contributed by atoms with Crippen LogP contribution in [0.5, 0.6) is 5.75 Å². The highest BCUT2D eigenvalue weighted by molar-refractivity contribution is 5.90. The van der Waals surface area contributed by atoms with Crippen molar-refractivity contribution in [1.29, 1.82) is 0 Å². The molecule has 162 valence electrons. The Hall–Kier alpha value is -3.36. The molecule has 0 fully saturated rings. The standard InChI is InChI=1S/C21H26N2O7/c1-5-10(2)18(20(27)28)23-17(26)9-22-16(25)8-14-11(3)13-6-7-15(24)12(4)19(13)30-21(14)29/h6-7,10,18,24H,5,8-9H2,1-4H3,(H,22,25)(H,23,26)(H,27,28)/t10-,18+/m1/s1. The number of phenolic OH excluding ortho intramolecular Hbond substituents is 1. The van der Waals surface area contributed by atoms with Gasteiger partial charge in [0.1, 0.15) is 17.4 Å². The largest absolute Gasteiger partial charge is 0.508 e. The summed E-state index contributed by atoms with van der Waals surface area (Å²) in [7, 11) is 0. The maximum atomic E-state index is 12.3. The molecule has 2 rings (SSSR count). The molecule has 0 saturated carbocycles. The molecule has 1 aromatic heterocycles. The van der Waals surface area contributed by atoms with Gasteiger partial charge in [0.05, 0.1) is 18.5 Å². The minimum Gasteiger partial charge on any atom is -0.508 e. The lowest BCUT2D eigenvalue weighted by atomic mass is 9.99. The number of phenols is 1. The van der Waals surface area contributed by atoms with Crippen molar-refractivity contribution >= 4 is 28.8 Å². The minimum absolute atomic E-state index is 0.00129. The first-order chi connectivity index (χ1) is 14.1. The van der Waals surface area contributed by atoms with Crippen LogP contribution >= 0.6 is 0 Å². The van der Waals surface area contributed by atoms with Crippen LogP contribution in [0.3, 0.4) is 0 Å². The monoisotopic (exact) mass is 418 g/mol. The zero-order valence-electron chi connectivity index (χ0n) is 17.4. The van der Waals surface area contributed by atoms with E-state index in [1.165, 1.54) is 6.07 Å². The van der Waals surface area contributed by atoms with Crippen LogP contribution in [-0.2, 0) is 20.8 Å². The SMILES string of the molecule is CC[C@@H](C)[C@H](NC(=O)CNC(=O)Cc1c(C)c2ccc(O)c(C)c2oc1=O)C(=O)O. The number of carbonyl (C=O) groups is 3. The summed E-state index contributed by atoms with van der Waals surface area (Å²) < 4.78 is 5.29. The van der Waals surface area contributed by atoms with Crippen LogP contribution < -0.4 is 16.3 Å². The summed E-state index contributed by atoms with van der Waals surface area (Å²) >= 11 is 0. The quantitative estimate of drug-likeness (QED) is 0.474. The summed E-state index contributed by atoms with van der Waals surface area (Å²) in [5, 5.41) is 24.4. The molecule has 9 heteroatoms. The van der Waals surface area contributed by atoms with Gasteiger partial charge in [-0.2, -0.15) is 0 Å². The Kier molecular flexibility index (Phi) is 7.20. The normalized spacial score (nSPS) is 12.9. The molecule has 0 saturated heterocycles. The number of carboxylic acids is 1. The van der Waals surface area contributed by atoms with Crippen molar-refractivity contribution in [3.8, 4) is 5.75 Å². The molecule has 0 aliphatic carbocycles. The number of amides is 2. The Bertz CT molecular complexity index is 1040. The van der Waals surface area contributed by atoms with Crippen molar-refractivity contribution in [1.82, 2.24) is 10.6 Å². The molecular weight excluding hydrogens is 392 g/mol. The van der Waals surface area contributed by atoms with Gasteiger partial charge < -0.3 is 25.3 Å². The second-order valence-corrected chi connectivity index (χ2v) is 7.30. The molecule has 1 aromatic carbocycles. The van der Waals surface area contributed by atoms with E-state index in [-0.39, 0.29) is 29.2 Å². The Balaban J connectivity index is 2.09. The van der Waals surface area contributed by atoms with Gasteiger partial charge in [-0.05, 0) is 37.5 Å². The summed E-state index contributed by atoms with van der Waals surface area (Å²) in [5.74, 6) is -2.63. The van der Waals surface area contributed by atoms with Crippen molar-refractivity contribution < 1.29 is 29.0 Å². The number of hydrogen-bond acceptors (Lipinski definition) is 6. The van der Waals surface area contributed by atoms with Crippen molar-refractivity contribution in [3.63, 3.8) is 0 Å². The average Bonchev–Trinajstić information content (AvgIpc) is 2.70. The van der Waals surface area contributed by atoms with E-state index in [0.717, 1.165) is 0 Å². The van der Waals surface area contributed by atoms with Crippen LogP contribution in [0.2, 0.25) is 0 Å². The first-order valence-corrected chi connectivity index (χ1v) is 9.60. The second-order valence-electron chi connectivity index (χ2n) is 7.30. The van der Waals surface area contributed by atoms with Crippen LogP contribution in [-0.4, -0.2) is 40.6 Å². The molecule has 0 aliphatic rings. The maximum Gasteiger partial charge on any atom is 0.340 e. The molecule has 9 nitrogen and oxygen atoms in total. The first-order valence-electron chi connectivity index (χ1n) is 9.60. The number of rotatable bonds is 8. The fraction of sp³-hybridized carbons (Fsp3) is 0.429. The lowest BCUT2D eigenvalue weighted by Gasteiger charge is -2.20. The van der Waals surface area contributed by atoms with E-state index in [1.54, 1.807) is 26.8 Å². The second kappa shape index (κ2) is 9.43. The number of hydrogen-bond donors (Lipinski definition) is 4. The lowest BCUT2D eigenvalue weighted by molar-refractivity contribution is -0.143. The number of aliphatic carboxylic acids is 1. The van der Waals surface area contributed by atoms with E-state index in [0.29, 0.717) is 22.9 Å². The van der Waals surface area contributed by atoms with Crippen LogP contribution in [0, 0.1) is 19.8 Å². The zero-order valence-corrected chi connectivity index (χ0v) is 17.4. The number of nitrogens with one attached hydrogen (secondary N) is 2. The number of fused-ring (bicyclic) bond motifs is 1. The third kappa shape index (κ3) is 4.97. The van der Waals surface area contributed by atoms with E-state index in [4.69, 9.17) is 4.42 Å². The molecule has 2 amide bonds. The van der Waals surface area contributed by atoms with Crippen LogP contribution in [0.4, 0.5) is 0 Å². The number of benzene rings is 1. The molecule has 0 bridgehead atoms. The molecule has 1 heterocycles. The van der Waals surface area contributed by atoms with Gasteiger partial charge in [-0.3, -0.25) is 9.59 Å². The topological polar surface area (TPSA) is 146 Å². The molecule has 2 atom stereocenters. The van der Waals surface area contributed by atoms with Gasteiger partial charge in [-0.1, -0.05) is 20.3 Å². The third-order valence-corrected chi connectivity index (χ3v) is 5.25. The fourth-order valence-electron chi connectivity index (χ4n) is 3.09. The smallest absolute Gasteiger partial charge is 0.340 e. The summed E-state index contributed by atoms with van der Waals surface area (Å²) in [6.45, 7) is 6.41. The number of aromatic hydroxyl groups is 1. The third-order valence-electron chi connectivity index (χ3n) is 5.25. The molecular formula is C21H26N2O7. The van der Waals surface area contributed by atoms with Crippen molar-refractivity contribution in [3.05, 3.63) is 39.2 Å². The van der Waals surface area contributed by atoms with Crippen molar-refractivity contribution in [2.75, 3.05) is 6.54 Å².